The van der Waals surface area contributed by atoms with Gasteiger partial charge in [0.25, 0.3) is 23.4 Å². The summed E-state index contributed by atoms with van der Waals surface area (Å²) in [5.74, 6) is -3.80. The van der Waals surface area contributed by atoms with E-state index >= 15 is 0 Å². The summed E-state index contributed by atoms with van der Waals surface area (Å²) in [5.41, 5.74) is -0.177. The average Bonchev–Trinajstić information content (AvgIpc) is 2.83. The fraction of sp³-hybridized carbons (Fsp3) is 0.435. The van der Waals surface area contributed by atoms with Crippen molar-refractivity contribution in [3.05, 3.63) is 66.0 Å². The largest absolute Gasteiger partial charge is 0.619 e. The van der Waals surface area contributed by atoms with Gasteiger partial charge in [0.05, 0.1) is 15.0 Å². The van der Waals surface area contributed by atoms with Gasteiger partial charge in [-0.25, -0.2) is 8.78 Å². The van der Waals surface area contributed by atoms with Crippen molar-refractivity contribution < 1.29 is 28.0 Å². The molecule has 2 saturated heterocycles. The van der Waals surface area contributed by atoms with Crippen LogP contribution in [0.4, 0.5) is 20.2 Å². The Morgan fingerprint density at radius 1 is 1.05 bits per heavy atom. The number of aromatic nitrogens is 1. The highest BCUT2D eigenvalue weighted by Crippen LogP contribution is 2.36. The summed E-state index contributed by atoms with van der Waals surface area (Å²) in [6.07, 6.45) is 2.64. The second-order valence-corrected chi connectivity index (χ2v) is 10.9. The lowest BCUT2D eigenvalue weighted by Gasteiger charge is -2.35. The van der Waals surface area contributed by atoms with Crippen LogP contribution in [-0.4, -0.2) is 64.7 Å². The molecule has 2 aliphatic heterocycles. The minimum absolute atomic E-state index is 0.00544. The molecule has 0 bridgehead atoms. The summed E-state index contributed by atoms with van der Waals surface area (Å²) in [6, 6.07) is 3.81. The van der Waals surface area contributed by atoms with Crippen LogP contribution in [0.2, 0.25) is 0 Å². The highest BCUT2D eigenvalue weighted by Gasteiger charge is 2.37. The third-order valence-electron chi connectivity index (χ3n) is 6.41. The Balaban J connectivity index is 1.59. The van der Waals surface area contributed by atoms with Gasteiger partial charge in [-0.15, -0.1) is 0 Å². The van der Waals surface area contributed by atoms with Crippen LogP contribution in [0, 0.1) is 15.3 Å². The number of carbonyl (C=O) groups excluding carboxylic acids is 2. The van der Waals surface area contributed by atoms with Crippen molar-refractivity contribution in [2.45, 2.75) is 37.6 Å². The Bertz CT molecular complexity index is 1220. The van der Waals surface area contributed by atoms with Gasteiger partial charge in [-0.2, -0.15) is 4.73 Å². The van der Waals surface area contributed by atoms with Crippen molar-refractivity contribution >= 4 is 55.0 Å². The average molecular weight is 647 g/mol. The minimum Gasteiger partial charge on any atom is -0.619 e. The van der Waals surface area contributed by atoms with E-state index in [1.807, 2.05) is 0 Å². The van der Waals surface area contributed by atoms with Gasteiger partial charge >= 0.3 is 0 Å². The number of carbonyl (C=O) groups is 2. The number of alkyl halides is 2. The van der Waals surface area contributed by atoms with Crippen LogP contribution in [0.3, 0.4) is 0 Å². The van der Waals surface area contributed by atoms with E-state index in [2.05, 4.69) is 37.2 Å². The molecule has 14 heteroatoms. The van der Waals surface area contributed by atoms with Crippen molar-refractivity contribution in [3.8, 4) is 0 Å². The Morgan fingerprint density at radius 2 is 1.76 bits per heavy atom. The second-order valence-electron chi connectivity index (χ2n) is 9.09. The van der Waals surface area contributed by atoms with Crippen molar-refractivity contribution in [2.24, 2.45) is 0 Å². The third kappa shape index (κ3) is 6.35. The van der Waals surface area contributed by atoms with Gasteiger partial charge in [0, 0.05) is 55.6 Å². The lowest BCUT2D eigenvalue weighted by molar-refractivity contribution is -0.606. The standard InChI is InChI=1S/C23H23Br2F2N5O5/c24-15-9-18(22(34)29-6-3-23(26,27)4-7-29)20(19(10-15)32(36)37)28-17-2-1-5-30(13-17)21(33)14-8-16(25)12-31(35)11-14/h8-12,17,28H,1-7,13H2/t17-/m1/s1. The number of piperidine rings is 2. The van der Waals surface area contributed by atoms with Gasteiger partial charge in [0.1, 0.15) is 11.3 Å². The number of nitrogens with one attached hydrogen (secondary N) is 1. The van der Waals surface area contributed by atoms with Crippen LogP contribution in [0.15, 0.2) is 39.5 Å². The Kier molecular flexibility index (Phi) is 7.97. The number of pyridine rings is 1. The first-order chi connectivity index (χ1) is 17.4. The molecule has 2 aromatic rings. The molecule has 2 fully saturated rings. The maximum atomic E-state index is 13.6. The molecular weight excluding hydrogens is 624 g/mol. The van der Waals surface area contributed by atoms with E-state index in [4.69, 9.17) is 0 Å². The fourth-order valence-corrected chi connectivity index (χ4v) is 5.46. The molecule has 0 aliphatic carbocycles. The van der Waals surface area contributed by atoms with E-state index in [9.17, 15) is 33.7 Å². The van der Waals surface area contributed by atoms with Crippen LogP contribution in [0.5, 0.6) is 0 Å². The van der Waals surface area contributed by atoms with Gasteiger partial charge in [0.15, 0.2) is 12.4 Å². The van der Waals surface area contributed by atoms with E-state index in [-0.39, 0.29) is 48.0 Å². The number of likely N-dealkylation sites (tertiary alicyclic amines) is 2. The van der Waals surface area contributed by atoms with Crippen LogP contribution in [0.1, 0.15) is 46.4 Å². The first-order valence-electron chi connectivity index (χ1n) is 11.5. The molecule has 198 valence electrons. The SMILES string of the molecule is O=C(c1cc(Br)c[n+]([O-])c1)N1CCC[C@@H](Nc2c(C(=O)N3CCC(F)(F)CC3)cc(Br)cc2[N+](=O)[O-])C1. The van der Waals surface area contributed by atoms with E-state index in [0.717, 1.165) is 0 Å². The van der Waals surface area contributed by atoms with E-state index < -0.39 is 35.6 Å². The van der Waals surface area contributed by atoms with Gasteiger partial charge in [-0.3, -0.25) is 19.7 Å². The van der Waals surface area contributed by atoms with Crippen LogP contribution in [0.25, 0.3) is 0 Å². The first kappa shape index (κ1) is 27.2. The van der Waals surface area contributed by atoms with Crippen molar-refractivity contribution in [1.82, 2.24) is 9.80 Å². The van der Waals surface area contributed by atoms with Crippen molar-refractivity contribution in [1.29, 1.82) is 0 Å². The van der Waals surface area contributed by atoms with Crippen LogP contribution in [-0.2, 0) is 0 Å². The Hall–Kier alpha value is -2.87. The molecule has 1 N–H and O–H groups in total. The lowest BCUT2D eigenvalue weighted by Crippen LogP contribution is -2.46. The Labute approximate surface area is 227 Å². The van der Waals surface area contributed by atoms with Gasteiger partial charge in [0.2, 0.25) is 0 Å². The molecule has 2 amide bonds. The zero-order valence-electron chi connectivity index (χ0n) is 19.5. The monoisotopic (exact) mass is 645 g/mol. The highest BCUT2D eigenvalue weighted by atomic mass is 79.9. The molecular formula is C23H23Br2F2N5O5. The van der Waals surface area contributed by atoms with Crippen molar-refractivity contribution in [2.75, 3.05) is 31.5 Å². The number of hydrogen-bond acceptors (Lipinski definition) is 6. The predicted molar refractivity (Wildman–Crippen MR) is 137 cm³/mol. The van der Waals surface area contributed by atoms with Crippen LogP contribution < -0.4 is 10.0 Å². The molecule has 0 unspecified atom stereocenters. The number of nitro benzene ring substituents is 1. The number of nitrogens with zero attached hydrogens (tertiary/aromatic N) is 4. The lowest BCUT2D eigenvalue weighted by atomic mass is 10.0. The summed E-state index contributed by atoms with van der Waals surface area (Å²) in [6.45, 7) is 0.285. The van der Waals surface area contributed by atoms with Gasteiger partial charge < -0.3 is 20.3 Å². The molecule has 2 aliphatic rings. The van der Waals surface area contributed by atoms with E-state index in [0.29, 0.717) is 33.1 Å². The summed E-state index contributed by atoms with van der Waals surface area (Å²) in [4.78, 5) is 40.5. The number of halogens is 4. The molecule has 0 spiro atoms. The second kappa shape index (κ2) is 10.9. The zero-order chi connectivity index (χ0) is 26.9. The maximum absolute atomic E-state index is 13.6. The summed E-state index contributed by atoms with van der Waals surface area (Å²) >= 11 is 6.41. The molecule has 0 saturated carbocycles. The fourth-order valence-electron chi connectivity index (χ4n) is 4.57. The van der Waals surface area contributed by atoms with Crippen molar-refractivity contribution in [3.63, 3.8) is 0 Å². The highest BCUT2D eigenvalue weighted by molar-refractivity contribution is 9.10. The third-order valence-corrected chi connectivity index (χ3v) is 7.30. The number of nitro groups is 1. The van der Waals surface area contributed by atoms with Crippen LogP contribution >= 0.6 is 31.9 Å². The quantitative estimate of drug-likeness (QED) is 0.223. The molecule has 1 aromatic carbocycles. The number of anilines is 1. The zero-order valence-corrected chi connectivity index (χ0v) is 22.6. The molecule has 1 atom stereocenters. The van der Waals surface area contributed by atoms with Gasteiger partial charge in [-0.05, 0) is 40.9 Å². The van der Waals surface area contributed by atoms with E-state index in [1.54, 1.807) is 4.90 Å². The number of amides is 2. The smallest absolute Gasteiger partial charge is 0.294 e. The molecule has 1 aromatic heterocycles. The summed E-state index contributed by atoms with van der Waals surface area (Å²) in [7, 11) is 0. The number of rotatable bonds is 5. The minimum atomic E-state index is -2.85. The number of benzene rings is 1. The molecule has 0 radical (unpaired) electrons. The summed E-state index contributed by atoms with van der Waals surface area (Å²) < 4.78 is 28.5. The van der Waals surface area contributed by atoms with Gasteiger partial charge in [-0.1, -0.05) is 15.9 Å². The molecule has 37 heavy (non-hydrogen) atoms. The molecule has 4 rings (SSSR count). The Morgan fingerprint density at radius 3 is 2.41 bits per heavy atom. The predicted octanol–water partition coefficient (Wildman–Crippen LogP) is 4.34. The normalized spacial score (nSPS) is 19.4. The topological polar surface area (TPSA) is 123 Å². The summed E-state index contributed by atoms with van der Waals surface area (Å²) in [5, 5.41) is 26.7. The number of hydrogen-bond donors (Lipinski definition) is 1. The molecule has 10 nitrogen and oxygen atoms in total. The molecule has 3 heterocycles. The van der Waals surface area contributed by atoms with E-state index in [1.165, 1.54) is 35.5 Å². The maximum Gasteiger partial charge on any atom is 0.294 e. The first-order valence-corrected chi connectivity index (χ1v) is 13.1.